The highest BCUT2D eigenvalue weighted by molar-refractivity contribution is 5.97. The van der Waals surface area contributed by atoms with Gasteiger partial charge in [0.05, 0.1) is 0 Å². The van der Waals surface area contributed by atoms with E-state index in [0.717, 1.165) is 17.5 Å². The van der Waals surface area contributed by atoms with Crippen LogP contribution in [-0.2, 0) is 4.79 Å². The van der Waals surface area contributed by atoms with E-state index in [1.807, 2.05) is 12.1 Å². The third-order valence-electron chi connectivity index (χ3n) is 4.88. The zero-order chi connectivity index (χ0) is 14.1. The summed E-state index contributed by atoms with van der Waals surface area (Å²) in [6, 6.07) is 7.17. The number of amides is 1. The third kappa shape index (κ3) is 2.77. The van der Waals surface area contributed by atoms with Crippen molar-refractivity contribution in [2.75, 3.05) is 5.32 Å². The Labute approximate surface area is 119 Å². The fourth-order valence-corrected chi connectivity index (χ4v) is 3.89. The second kappa shape index (κ2) is 5.39. The van der Waals surface area contributed by atoms with Crippen LogP contribution in [0.1, 0.15) is 49.4 Å². The van der Waals surface area contributed by atoms with E-state index in [1.165, 1.54) is 32.6 Å². The van der Waals surface area contributed by atoms with Crippen molar-refractivity contribution in [1.82, 2.24) is 0 Å². The van der Waals surface area contributed by atoms with E-state index >= 15 is 0 Å². The first-order valence-electron chi connectivity index (χ1n) is 7.52. The van der Waals surface area contributed by atoms with E-state index in [9.17, 15) is 9.59 Å². The lowest BCUT2D eigenvalue weighted by Gasteiger charge is -2.20. The summed E-state index contributed by atoms with van der Waals surface area (Å²) in [6.07, 6.45) is 5.86. The maximum absolute atomic E-state index is 12.1. The van der Waals surface area contributed by atoms with E-state index in [-0.39, 0.29) is 11.7 Å². The fourth-order valence-electron chi connectivity index (χ4n) is 3.89. The number of hydrogen-bond acceptors (Lipinski definition) is 2. The highest BCUT2D eigenvalue weighted by Gasteiger charge is 2.40. The van der Waals surface area contributed by atoms with Gasteiger partial charge in [0.25, 0.3) is 0 Å². The predicted octanol–water partition coefficient (Wildman–Crippen LogP) is 3.65. The zero-order valence-electron chi connectivity index (χ0n) is 11.9. The molecule has 0 aromatic heterocycles. The molecule has 2 fully saturated rings. The van der Waals surface area contributed by atoms with Crippen LogP contribution in [0.15, 0.2) is 24.3 Å². The molecule has 0 saturated heterocycles. The monoisotopic (exact) mass is 271 g/mol. The van der Waals surface area contributed by atoms with E-state index in [1.54, 1.807) is 12.1 Å². The smallest absolute Gasteiger partial charge is 0.224 e. The second-order valence-corrected chi connectivity index (χ2v) is 6.32. The van der Waals surface area contributed by atoms with Crippen LogP contribution in [-0.4, -0.2) is 11.7 Å². The van der Waals surface area contributed by atoms with Gasteiger partial charge < -0.3 is 5.32 Å². The number of carbonyl (C=O) groups excluding carboxylic acids is 2. The third-order valence-corrected chi connectivity index (χ3v) is 4.88. The Bertz CT molecular complexity index is 538. The van der Waals surface area contributed by atoms with Crippen molar-refractivity contribution in [2.24, 2.45) is 17.8 Å². The normalized spacial score (nSPS) is 27.6. The van der Waals surface area contributed by atoms with Gasteiger partial charge in [-0.25, -0.2) is 0 Å². The molecule has 20 heavy (non-hydrogen) atoms. The highest BCUT2D eigenvalue weighted by atomic mass is 16.1. The number of anilines is 1. The maximum Gasteiger partial charge on any atom is 0.224 e. The number of carbonyl (C=O) groups is 2. The molecule has 3 heteroatoms. The largest absolute Gasteiger partial charge is 0.326 e. The number of nitrogens with one attached hydrogen (secondary N) is 1. The average molecular weight is 271 g/mol. The Kier molecular flexibility index (Phi) is 3.60. The first-order chi connectivity index (χ1) is 9.61. The quantitative estimate of drug-likeness (QED) is 0.850. The molecule has 1 amide bonds. The summed E-state index contributed by atoms with van der Waals surface area (Å²) in [5.74, 6) is 2.33. The zero-order valence-corrected chi connectivity index (χ0v) is 11.9. The Morgan fingerprint density at radius 2 is 2.10 bits per heavy atom. The first kappa shape index (κ1) is 13.3. The van der Waals surface area contributed by atoms with Gasteiger partial charge in [0.1, 0.15) is 0 Å². The standard InChI is InChI=1S/C17H21NO2/c1-11(19)13-3-2-4-16(9-13)18-17(20)10-15-8-12-5-6-14(15)7-12/h2-4,9,12,14-15H,5-8,10H2,1H3,(H,18,20)/t12-,14-,15+/m0/s1. The van der Waals surface area contributed by atoms with Gasteiger partial charge in [0, 0.05) is 17.7 Å². The summed E-state index contributed by atoms with van der Waals surface area (Å²) in [4.78, 5) is 23.5. The molecule has 2 aliphatic rings. The Balaban J connectivity index is 1.59. The molecule has 1 N–H and O–H groups in total. The summed E-state index contributed by atoms with van der Waals surface area (Å²) in [6.45, 7) is 1.54. The molecule has 3 atom stereocenters. The minimum absolute atomic E-state index is 0.0224. The van der Waals surface area contributed by atoms with Crippen LogP contribution in [0.2, 0.25) is 0 Å². The van der Waals surface area contributed by atoms with Crippen molar-refractivity contribution in [3.63, 3.8) is 0 Å². The molecule has 2 saturated carbocycles. The van der Waals surface area contributed by atoms with Gasteiger partial charge in [-0.2, -0.15) is 0 Å². The lowest BCUT2D eigenvalue weighted by molar-refractivity contribution is -0.117. The number of Topliss-reactive ketones (excluding diaryl/α,β-unsaturated/α-hetero) is 1. The average Bonchev–Trinajstić information content (AvgIpc) is 3.01. The molecule has 0 heterocycles. The lowest BCUT2D eigenvalue weighted by Crippen LogP contribution is -2.20. The van der Waals surface area contributed by atoms with Gasteiger partial charge in [-0.15, -0.1) is 0 Å². The number of hydrogen-bond donors (Lipinski definition) is 1. The summed E-state index contributed by atoms with van der Waals surface area (Å²) in [5.41, 5.74) is 1.37. The van der Waals surface area contributed by atoms with Gasteiger partial charge in [0.2, 0.25) is 5.91 Å². The SMILES string of the molecule is CC(=O)c1cccc(NC(=O)C[C@H]2C[C@H]3CC[C@H]2C3)c1. The maximum atomic E-state index is 12.1. The molecule has 1 aromatic rings. The molecule has 1 aromatic carbocycles. The van der Waals surface area contributed by atoms with Gasteiger partial charge in [-0.3, -0.25) is 9.59 Å². The molecular formula is C17H21NO2. The molecule has 106 valence electrons. The Morgan fingerprint density at radius 1 is 1.25 bits per heavy atom. The van der Waals surface area contributed by atoms with Gasteiger partial charge >= 0.3 is 0 Å². The van der Waals surface area contributed by atoms with Crippen molar-refractivity contribution < 1.29 is 9.59 Å². The van der Waals surface area contributed by atoms with Crippen molar-refractivity contribution in [1.29, 1.82) is 0 Å². The van der Waals surface area contributed by atoms with E-state index in [4.69, 9.17) is 0 Å². The van der Waals surface area contributed by atoms with Crippen molar-refractivity contribution in [3.05, 3.63) is 29.8 Å². The van der Waals surface area contributed by atoms with Crippen LogP contribution in [0.4, 0.5) is 5.69 Å². The fraction of sp³-hybridized carbons (Fsp3) is 0.529. The van der Waals surface area contributed by atoms with E-state index in [0.29, 0.717) is 17.9 Å². The molecule has 2 bridgehead atoms. The number of ketones is 1. The molecule has 2 aliphatic carbocycles. The van der Waals surface area contributed by atoms with Gasteiger partial charge in [-0.05, 0) is 56.1 Å². The summed E-state index contributed by atoms with van der Waals surface area (Å²) < 4.78 is 0. The van der Waals surface area contributed by atoms with Crippen molar-refractivity contribution in [2.45, 2.75) is 39.0 Å². The number of fused-ring (bicyclic) bond motifs is 2. The van der Waals surface area contributed by atoms with Crippen LogP contribution in [0.5, 0.6) is 0 Å². The Hall–Kier alpha value is -1.64. The summed E-state index contributed by atoms with van der Waals surface area (Å²) >= 11 is 0. The summed E-state index contributed by atoms with van der Waals surface area (Å²) in [5, 5.41) is 2.93. The highest BCUT2D eigenvalue weighted by Crippen LogP contribution is 2.49. The first-order valence-corrected chi connectivity index (χ1v) is 7.52. The molecular weight excluding hydrogens is 250 g/mol. The molecule has 3 nitrogen and oxygen atoms in total. The lowest BCUT2D eigenvalue weighted by atomic mass is 9.86. The molecule has 0 spiro atoms. The Morgan fingerprint density at radius 3 is 2.75 bits per heavy atom. The predicted molar refractivity (Wildman–Crippen MR) is 78.6 cm³/mol. The minimum Gasteiger partial charge on any atom is -0.326 e. The molecule has 0 unspecified atom stereocenters. The topological polar surface area (TPSA) is 46.2 Å². The van der Waals surface area contributed by atoms with Gasteiger partial charge in [-0.1, -0.05) is 18.6 Å². The van der Waals surface area contributed by atoms with Crippen LogP contribution in [0, 0.1) is 17.8 Å². The van der Waals surface area contributed by atoms with Crippen molar-refractivity contribution >= 4 is 17.4 Å². The molecule has 3 rings (SSSR count). The number of benzene rings is 1. The van der Waals surface area contributed by atoms with E-state index < -0.39 is 0 Å². The van der Waals surface area contributed by atoms with Crippen LogP contribution < -0.4 is 5.32 Å². The van der Waals surface area contributed by atoms with Gasteiger partial charge in [0.15, 0.2) is 5.78 Å². The molecule has 0 aliphatic heterocycles. The van der Waals surface area contributed by atoms with E-state index in [2.05, 4.69) is 5.32 Å². The summed E-state index contributed by atoms with van der Waals surface area (Å²) in [7, 11) is 0. The van der Waals surface area contributed by atoms with Crippen molar-refractivity contribution in [3.8, 4) is 0 Å². The second-order valence-electron chi connectivity index (χ2n) is 6.32. The number of rotatable bonds is 4. The minimum atomic E-state index is 0.0224. The van der Waals surface area contributed by atoms with Crippen LogP contribution in [0.25, 0.3) is 0 Å². The van der Waals surface area contributed by atoms with Crippen LogP contribution in [0.3, 0.4) is 0 Å². The van der Waals surface area contributed by atoms with Crippen LogP contribution >= 0.6 is 0 Å². The molecule has 0 radical (unpaired) electrons.